The zero-order chi connectivity index (χ0) is 9.99. The fourth-order valence-corrected chi connectivity index (χ4v) is 1.97. The first-order chi connectivity index (χ1) is 5.10. The van der Waals surface area contributed by atoms with Gasteiger partial charge in [-0.3, -0.25) is 0 Å². The maximum Gasteiger partial charge on any atom is 0.719 e. The van der Waals surface area contributed by atoms with E-state index in [1.54, 1.807) is 0 Å². The second-order valence-electron chi connectivity index (χ2n) is 1.37. The Kier molecular flexibility index (Phi) is 4.13. The zero-order valence-corrected chi connectivity index (χ0v) is 7.86. The summed E-state index contributed by atoms with van der Waals surface area (Å²) in [4.78, 5) is 31.8. The molecule has 4 N–H and O–H groups in total. The maximum atomic E-state index is 10.2. The molecule has 0 aliphatic rings. The highest BCUT2D eigenvalue weighted by Crippen LogP contribution is 2.55. The number of phosphoric acid groups is 2. The lowest BCUT2D eigenvalue weighted by Crippen LogP contribution is -1.82. The molecule has 0 aromatic rings. The summed E-state index contributed by atoms with van der Waals surface area (Å²) in [6, 6.07) is 0. The molecule has 12 heavy (non-hydrogen) atoms. The van der Waals surface area contributed by atoms with Crippen LogP contribution in [0.3, 0.4) is 0 Å². The van der Waals surface area contributed by atoms with Crippen molar-refractivity contribution in [2.75, 3.05) is 0 Å². The van der Waals surface area contributed by atoms with Crippen LogP contribution in [-0.4, -0.2) is 19.6 Å². The molecular formula is H4O9P3+. The molecule has 0 saturated heterocycles. The van der Waals surface area contributed by atoms with Crippen LogP contribution >= 0.6 is 23.9 Å². The highest BCUT2D eigenvalue weighted by Gasteiger charge is 2.41. The van der Waals surface area contributed by atoms with Gasteiger partial charge in [-0.1, -0.05) is 0 Å². The second-order valence-corrected chi connectivity index (χ2v) is 5.08. The molecule has 0 unspecified atom stereocenters. The highest BCUT2D eigenvalue weighted by atomic mass is 31.3. The first-order valence-corrected chi connectivity index (χ1v) is 6.23. The fraction of sp³-hybridized carbons (Fsp3) is 0. The van der Waals surface area contributed by atoms with E-state index in [1.165, 1.54) is 0 Å². The number of rotatable bonds is 4. The Morgan fingerprint density at radius 3 is 1.33 bits per heavy atom. The summed E-state index contributed by atoms with van der Waals surface area (Å²) in [5.41, 5.74) is 0. The Morgan fingerprint density at radius 1 is 0.917 bits per heavy atom. The molecule has 0 aromatic heterocycles. The van der Waals surface area contributed by atoms with Crippen molar-refractivity contribution >= 4 is 23.9 Å². The van der Waals surface area contributed by atoms with Gasteiger partial charge in [-0.2, -0.15) is 0 Å². The van der Waals surface area contributed by atoms with Gasteiger partial charge in [0, 0.05) is 4.57 Å². The average molecular weight is 241 g/mol. The molecule has 0 spiro atoms. The Balaban J connectivity index is 4.10. The van der Waals surface area contributed by atoms with Crippen LogP contribution in [0, 0.1) is 0 Å². The second kappa shape index (κ2) is 4.02. The van der Waals surface area contributed by atoms with E-state index >= 15 is 0 Å². The molecule has 0 heterocycles. The Labute approximate surface area is 66.8 Å². The quantitative estimate of drug-likeness (QED) is 0.492. The molecule has 12 heteroatoms. The van der Waals surface area contributed by atoms with Crippen molar-refractivity contribution in [3.05, 3.63) is 0 Å². The molecule has 0 aromatic carbocycles. The van der Waals surface area contributed by atoms with E-state index < -0.39 is 23.9 Å². The first kappa shape index (κ1) is 12.3. The molecular weight excluding hydrogens is 237 g/mol. The van der Waals surface area contributed by atoms with Crippen molar-refractivity contribution < 1.29 is 41.9 Å². The van der Waals surface area contributed by atoms with Gasteiger partial charge in [-0.15, -0.1) is 0 Å². The van der Waals surface area contributed by atoms with Crippen LogP contribution in [0.1, 0.15) is 0 Å². The smallest absolute Gasteiger partial charge is 0.300 e. The largest absolute Gasteiger partial charge is 0.719 e. The lowest BCUT2D eigenvalue weighted by molar-refractivity contribution is 0.251. The Bertz CT molecular complexity index is 225. The summed E-state index contributed by atoms with van der Waals surface area (Å²) in [6.07, 6.45) is 0. The van der Waals surface area contributed by atoms with Crippen LogP contribution in [-0.2, 0) is 22.3 Å². The number of hydrogen-bond acceptors (Lipinski definition) is 5. The Morgan fingerprint density at radius 2 is 1.17 bits per heavy atom. The van der Waals surface area contributed by atoms with E-state index in [9.17, 15) is 13.7 Å². The van der Waals surface area contributed by atoms with Crippen LogP contribution in [0.2, 0.25) is 0 Å². The van der Waals surface area contributed by atoms with E-state index in [0.29, 0.717) is 0 Å². The van der Waals surface area contributed by atoms with Crippen molar-refractivity contribution in [3.8, 4) is 0 Å². The van der Waals surface area contributed by atoms with Gasteiger partial charge in [0.1, 0.15) is 0 Å². The van der Waals surface area contributed by atoms with Gasteiger partial charge in [-0.25, -0.2) is 9.13 Å². The topological polar surface area (TPSA) is 151 Å². The zero-order valence-electron chi connectivity index (χ0n) is 5.17. The molecule has 0 aliphatic heterocycles. The van der Waals surface area contributed by atoms with Gasteiger partial charge < -0.3 is 19.6 Å². The van der Waals surface area contributed by atoms with Crippen LogP contribution in [0.15, 0.2) is 0 Å². The summed E-state index contributed by atoms with van der Waals surface area (Å²) in [7, 11) is -13.7. The van der Waals surface area contributed by atoms with Gasteiger partial charge in [0.2, 0.25) is 0 Å². The highest BCUT2D eigenvalue weighted by molar-refractivity contribution is 7.60. The summed E-state index contributed by atoms with van der Waals surface area (Å²) in [5.74, 6) is 0. The van der Waals surface area contributed by atoms with Crippen molar-refractivity contribution in [1.82, 2.24) is 0 Å². The standard InChI is InChI=1S/H3O9P3/c1-10(8-11(2,3)4)9-12(5,6)7/h(H3-,2,3,4,5,6,7)/p+1. The molecule has 72 valence electrons. The van der Waals surface area contributed by atoms with Gasteiger partial charge in [-0.05, 0) is 8.62 Å². The van der Waals surface area contributed by atoms with Crippen molar-refractivity contribution in [3.63, 3.8) is 0 Å². The fourth-order valence-electron chi connectivity index (χ4n) is 0.189. The minimum Gasteiger partial charge on any atom is -0.300 e. The van der Waals surface area contributed by atoms with Crippen molar-refractivity contribution in [2.45, 2.75) is 0 Å². The third-order valence-electron chi connectivity index (χ3n) is 0.346. The predicted molar refractivity (Wildman–Crippen MR) is 33.9 cm³/mol. The molecule has 0 rings (SSSR count). The molecule has 0 atom stereocenters. The third kappa shape index (κ3) is 8.42. The molecule has 9 nitrogen and oxygen atoms in total. The minimum atomic E-state index is -5.06. The Hall–Kier alpha value is 0.320. The van der Waals surface area contributed by atoms with Crippen LogP contribution in [0.25, 0.3) is 0 Å². The number of hydrogen-bond donors (Lipinski definition) is 4. The van der Waals surface area contributed by atoms with Crippen LogP contribution < -0.4 is 0 Å². The summed E-state index contributed by atoms with van der Waals surface area (Å²) >= 11 is 0. The normalized spacial score (nSPS) is 13.0. The molecule has 0 fully saturated rings. The van der Waals surface area contributed by atoms with Crippen LogP contribution in [0.4, 0.5) is 0 Å². The third-order valence-corrected chi connectivity index (χ3v) is 3.11. The van der Waals surface area contributed by atoms with E-state index in [0.717, 1.165) is 0 Å². The average Bonchev–Trinajstić information content (AvgIpc) is 1.49. The van der Waals surface area contributed by atoms with E-state index in [1.807, 2.05) is 0 Å². The van der Waals surface area contributed by atoms with Gasteiger partial charge in [0.25, 0.3) is 0 Å². The predicted octanol–water partition coefficient (Wildman–Crippen LogP) is -0.138. The van der Waals surface area contributed by atoms with E-state index in [4.69, 9.17) is 19.6 Å². The van der Waals surface area contributed by atoms with Gasteiger partial charge in [0.05, 0.1) is 0 Å². The molecule has 0 bridgehead atoms. The maximum absolute atomic E-state index is 10.2. The van der Waals surface area contributed by atoms with E-state index in [-0.39, 0.29) is 0 Å². The van der Waals surface area contributed by atoms with Gasteiger partial charge >= 0.3 is 23.9 Å². The molecule has 0 saturated carbocycles. The monoisotopic (exact) mass is 241 g/mol. The minimum absolute atomic E-state index is 3.28. The SMILES string of the molecule is O=[P+](OP(=O)(O)O)OP(=O)(O)O. The summed E-state index contributed by atoms with van der Waals surface area (Å²) in [5, 5.41) is 0. The summed E-state index contributed by atoms with van der Waals surface area (Å²) in [6.45, 7) is 0. The molecule has 0 amide bonds. The molecule has 0 radical (unpaired) electrons. The van der Waals surface area contributed by atoms with Crippen molar-refractivity contribution in [1.29, 1.82) is 0 Å². The van der Waals surface area contributed by atoms with E-state index in [2.05, 4.69) is 8.62 Å². The van der Waals surface area contributed by atoms with Crippen molar-refractivity contribution in [2.24, 2.45) is 0 Å². The lowest BCUT2D eigenvalue weighted by Gasteiger charge is -1.92. The first-order valence-electron chi connectivity index (χ1n) is 2.08. The molecule has 0 aliphatic carbocycles. The van der Waals surface area contributed by atoms with Gasteiger partial charge in [0.15, 0.2) is 0 Å². The lowest BCUT2D eigenvalue weighted by atomic mass is 15.7. The summed E-state index contributed by atoms with van der Waals surface area (Å²) < 4.78 is 36.5. The van der Waals surface area contributed by atoms with Crippen LogP contribution in [0.5, 0.6) is 0 Å².